The smallest absolute Gasteiger partial charge is 0.161 e. The highest BCUT2D eigenvalue weighted by Gasteiger charge is 2.09. The maximum Gasteiger partial charge on any atom is 0.161 e. The van der Waals surface area contributed by atoms with Gasteiger partial charge in [-0.25, -0.2) is 9.97 Å². The minimum Gasteiger partial charge on any atom is -0.320 e. The van der Waals surface area contributed by atoms with Crippen molar-refractivity contribution < 1.29 is 0 Å². The second-order valence-corrected chi connectivity index (χ2v) is 4.65. The molecular formula is C15H20N4. The zero-order valence-electron chi connectivity index (χ0n) is 11.8. The minimum absolute atomic E-state index is 0.764. The predicted octanol–water partition coefficient (Wildman–Crippen LogP) is 2.31. The van der Waals surface area contributed by atoms with Crippen LogP contribution < -0.4 is 5.32 Å². The number of aromatic nitrogens is 3. The molecule has 0 saturated heterocycles. The van der Waals surface area contributed by atoms with Gasteiger partial charge in [0.2, 0.25) is 0 Å². The first-order chi connectivity index (χ1) is 9.22. The Morgan fingerprint density at radius 1 is 1.16 bits per heavy atom. The van der Waals surface area contributed by atoms with E-state index in [1.165, 1.54) is 5.56 Å². The Labute approximate surface area is 114 Å². The summed E-state index contributed by atoms with van der Waals surface area (Å²) in [5.74, 6) is 0.764. The Kier molecular flexibility index (Phi) is 4.58. The van der Waals surface area contributed by atoms with Gasteiger partial charge in [-0.1, -0.05) is 0 Å². The molecule has 0 aliphatic heterocycles. The molecule has 0 amide bonds. The summed E-state index contributed by atoms with van der Waals surface area (Å²) < 4.78 is 0. The third-order valence-corrected chi connectivity index (χ3v) is 3.19. The van der Waals surface area contributed by atoms with Crippen molar-refractivity contribution in [2.45, 2.75) is 26.7 Å². The Morgan fingerprint density at radius 2 is 1.89 bits per heavy atom. The van der Waals surface area contributed by atoms with Crippen LogP contribution in [-0.4, -0.2) is 28.5 Å². The maximum atomic E-state index is 4.61. The van der Waals surface area contributed by atoms with E-state index in [4.69, 9.17) is 0 Å². The molecule has 0 fully saturated rings. The number of pyridine rings is 1. The van der Waals surface area contributed by atoms with Crippen molar-refractivity contribution in [1.82, 2.24) is 20.3 Å². The standard InChI is InChI=1S/C15H20N4/c1-11-14(7-5-8-16-3)12(2)19-15(18-11)13-6-4-9-17-10-13/h4,6,9-10,16H,5,7-8H2,1-3H3. The minimum atomic E-state index is 0.764. The maximum absolute atomic E-state index is 4.61. The topological polar surface area (TPSA) is 50.7 Å². The molecule has 0 bridgehead atoms. The van der Waals surface area contributed by atoms with E-state index >= 15 is 0 Å². The van der Waals surface area contributed by atoms with E-state index in [2.05, 4.69) is 34.1 Å². The van der Waals surface area contributed by atoms with Gasteiger partial charge in [0, 0.05) is 29.3 Å². The van der Waals surface area contributed by atoms with Crippen LogP contribution in [0.25, 0.3) is 11.4 Å². The van der Waals surface area contributed by atoms with Gasteiger partial charge < -0.3 is 5.32 Å². The first-order valence-corrected chi connectivity index (χ1v) is 6.61. The fourth-order valence-electron chi connectivity index (χ4n) is 2.17. The molecule has 2 rings (SSSR count). The van der Waals surface area contributed by atoms with Gasteiger partial charge >= 0.3 is 0 Å². The largest absolute Gasteiger partial charge is 0.320 e. The summed E-state index contributed by atoms with van der Waals surface area (Å²) in [7, 11) is 1.97. The highest BCUT2D eigenvalue weighted by Crippen LogP contribution is 2.18. The summed E-state index contributed by atoms with van der Waals surface area (Å²) in [5, 5.41) is 3.17. The molecule has 0 aliphatic rings. The van der Waals surface area contributed by atoms with Crippen LogP contribution in [0.3, 0.4) is 0 Å². The van der Waals surface area contributed by atoms with Crippen LogP contribution in [0.15, 0.2) is 24.5 Å². The SMILES string of the molecule is CNCCCc1c(C)nc(-c2cccnc2)nc1C. The van der Waals surface area contributed by atoms with Crippen molar-refractivity contribution >= 4 is 0 Å². The molecule has 4 nitrogen and oxygen atoms in total. The van der Waals surface area contributed by atoms with Crippen LogP contribution in [0.1, 0.15) is 23.4 Å². The first kappa shape index (κ1) is 13.6. The second kappa shape index (κ2) is 6.38. The van der Waals surface area contributed by atoms with Gasteiger partial charge in [0.05, 0.1) is 0 Å². The van der Waals surface area contributed by atoms with Gasteiger partial charge in [0.15, 0.2) is 5.82 Å². The number of nitrogens with zero attached hydrogens (tertiary/aromatic N) is 3. The fraction of sp³-hybridized carbons (Fsp3) is 0.400. The Hall–Kier alpha value is -1.81. The van der Waals surface area contributed by atoms with Crippen molar-refractivity contribution in [3.05, 3.63) is 41.5 Å². The average molecular weight is 256 g/mol. The van der Waals surface area contributed by atoms with Gasteiger partial charge in [0.25, 0.3) is 0 Å². The molecule has 0 atom stereocenters. The van der Waals surface area contributed by atoms with Gasteiger partial charge in [-0.15, -0.1) is 0 Å². The number of hydrogen-bond acceptors (Lipinski definition) is 4. The lowest BCUT2D eigenvalue weighted by molar-refractivity contribution is 0.715. The van der Waals surface area contributed by atoms with E-state index < -0.39 is 0 Å². The van der Waals surface area contributed by atoms with Gasteiger partial charge in [0.1, 0.15) is 0 Å². The van der Waals surface area contributed by atoms with Crippen molar-refractivity contribution in [2.24, 2.45) is 0 Å². The molecule has 0 saturated carbocycles. The first-order valence-electron chi connectivity index (χ1n) is 6.61. The zero-order valence-corrected chi connectivity index (χ0v) is 11.8. The van der Waals surface area contributed by atoms with E-state index in [0.29, 0.717) is 0 Å². The van der Waals surface area contributed by atoms with E-state index in [9.17, 15) is 0 Å². The molecule has 0 spiro atoms. The molecule has 4 heteroatoms. The molecule has 100 valence electrons. The fourth-order valence-corrected chi connectivity index (χ4v) is 2.17. The third-order valence-electron chi connectivity index (χ3n) is 3.19. The number of rotatable bonds is 5. The Morgan fingerprint density at radius 3 is 2.47 bits per heavy atom. The molecule has 19 heavy (non-hydrogen) atoms. The molecule has 0 unspecified atom stereocenters. The van der Waals surface area contributed by atoms with E-state index in [-0.39, 0.29) is 0 Å². The lowest BCUT2D eigenvalue weighted by atomic mass is 10.1. The van der Waals surface area contributed by atoms with Crippen LogP contribution in [0, 0.1) is 13.8 Å². The van der Waals surface area contributed by atoms with E-state index in [1.54, 1.807) is 12.4 Å². The molecule has 0 aliphatic carbocycles. The molecule has 2 aromatic rings. The van der Waals surface area contributed by atoms with Crippen LogP contribution in [0.5, 0.6) is 0 Å². The second-order valence-electron chi connectivity index (χ2n) is 4.65. The molecule has 2 heterocycles. The van der Waals surface area contributed by atoms with Gasteiger partial charge in [-0.2, -0.15) is 0 Å². The summed E-state index contributed by atoms with van der Waals surface area (Å²) in [6.07, 6.45) is 5.68. The van der Waals surface area contributed by atoms with Crippen molar-refractivity contribution in [1.29, 1.82) is 0 Å². The number of aryl methyl sites for hydroxylation is 2. The van der Waals surface area contributed by atoms with Crippen molar-refractivity contribution in [3.8, 4) is 11.4 Å². The Bertz CT molecular complexity index is 514. The van der Waals surface area contributed by atoms with Crippen LogP contribution in [0.2, 0.25) is 0 Å². The predicted molar refractivity (Wildman–Crippen MR) is 77.0 cm³/mol. The summed E-state index contributed by atoms with van der Waals surface area (Å²) in [6.45, 7) is 5.13. The van der Waals surface area contributed by atoms with E-state index in [0.717, 1.165) is 42.2 Å². The third kappa shape index (κ3) is 3.35. The summed E-state index contributed by atoms with van der Waals surface area (Å²) in [6, 6.07) is 3.89. The molecule has 0 aromatic carbocycles. The number of nitrogens with one attached hydrogen (secondary N) is 1. The lowest BCUT2D eigenvalue weighted by Gasteiger charge is -2.10. The average Bonchev–Trinajstić information content (AvgIpc) is 2.43. The zero-order chi connectivity index (χ0) is 13.7. The van der Waals surface area contributed by atoms with Gasteiger partial charge in [-0.05, 0) is 58.0 Å². The molecular weight excluding hydrogens is 236 g/mol. The highest BCUT2D eigenvalue weighted by molar-refractivity contribution is 5.54. The van der Waals surface area contributed by atoms with Crippen LogP contribution in [0.4, 0.5) is 0 Å². The molecule has 0 radical (unpaired) electrons. The van der Waals surface area contributed by atoms with Crippen molar-refractivity contribution in [2.75, 3.05) is 13.6 Å². The summed E-state index contributed by atoms with van der Waals surface area (Å²) >= 11 is 0. The van der Waals surface area contributed by atoms with E-state index in [1.807, 2.05) is 19.2 Å². The number of hydrogen-bond donors (Lipinski definition) is 1. The van der Waals surface area contributed by atoms with Crippen LogP contribution in [-0.2, 0) is 6.42 Å². The summed E-state index contributed by atoms with van der Waals surface area (Å²) in [4.78, 5) is 13.3. The summed E-state index contributed by atoms with van der Waals surface area (Å²) in [5.41, 5.74) is 4.38. The quantitative estimate of drug-likeness (QED) is 0.834. The monoisotopic (exact) mass is 256 g/mol. The van der Waals surface area contributed by atoms with Gasteiger partial charge in [-0.3, -0.25) is 4.98 Å². The lowest BCUT2D eigenvalue weighted by Crippen LogP contribution is -2.10. The highest BCUT2D eigenvalue weighted by atomic mass is 14.9. The Balaban J connectivity index is 2.26. The van der Waals surface area contributed by atoms with Crippen LogP contribution >= 0.6 is 0 Å². The van der Waals surface area contributed by atoms with Crippen molar-refractivity contribution in [3.63, 3.8) is 0 Å². The molecule has 1 N–H and O–H groups in total. The molecule has 2 aromatic heterocycles. The normalized spacial score (nSPS) is 10.7.